The molecule has 172 valence electrons. The van der Waals surface area contributed by atoms with Crippen LogP contribution in [0.4, 0.5) is 0 Å². The summed E-state index contributed by atoms with van der Waals surface area (Å²) >= 11 is 0. The predicted octanol–water partition coefficient (Wildman–Crippen LogP) is 4.58. The monoisotopic (exact) mass is 450 g/mol. The Labute approximate surface area is 200 Å². The van der Waals surface area contributed by atoms with Crippen molar-refractivity contribution in [3.63, 3.8) is 0 Å². The highest BCUT2D eigenvalue weighted by molar-refractivity contribution is 6.01. The van der Waals surface area contributed by atoms with E-state index in [9.17, 15) is 0 Å². The van der Waals surface area contributed by atoms with E-state index in [0.29, 0.717) is 0 Å². The first kappa shape index (κ1) is 18.7. The Kier molecular flexibility index (Phi) is 3.37. The van der Waals surface area contributed by atoms with Crippen LogP contribution in [0.15, 0.2) is 70.6 Å². The maximum absolute atomic E-state index is 6.55. The number of rotatable bonds is 6. The van der Waals surface area contributed by atoms with E-state index in [1.54, 1.807) is 0 Å². The molecule has 0 saturated heterocycles. The number of ether oxygens (including phenoxy) is 2. The SMILES string of the molecule is c1ccc(CC2COC(C34CC5C6C7CC5C3(C3=NC(Cc5ccccc5)CO3)C7C64)=N2)cc1. The van der Waals surface area contributed by atoms with Crippen LogP contribution in [0.1, 0.15) is 24.0 Å². The third-order valence-corrected chi connectivity index (χ3v) is 11.1. The van der Waals surface area contributed by atoms with Crippen molar-refractivity contribution >= 4 is 11.8 Å². The smallest absolute Gasteiger partial charge is 0.191 e. The van der Waals surface area contributed by atoms with Gasteiger partial charge in [0.1, 0.15) is 13.2 Å². The molecule has 4 nitrogen and oxygen atoms in total. The van der Waals surface area contributed by atoms with Crippen LogP contribution >= 0.6 is 0 Å². The van der Waals surface area contributed by atoms with Crippen LogP contribution in [-0.2, 0) is 22.3 Å². The fourth-order valence-corrected chi connectivity index (χ4v) is 10.5. The minimum atomic E-state index is 0.0799. The molecule has 0 aromatic heterocycles. The summed E-state index contributed by atoms with van der Waals surface area (Å²) in [4.78, 5) is 10.6. The highest BCUT2D eigenvalue weighted by Gasteiger charge is 2.99. The Morgan fingerprint density at radius 2 is 1.35 bits per heavy atom. The fraction of sp³-hybridized carbons (Fsp3) is 0.533. The van der Waals surface area contributed by atoms with E-state index in [1.807, 2.05) is 0 Å². The van der Waals surface area contributed by atoms with Crippen LogP contribution in [0.5, 0.6) is 0 Å². The zero-order valence-corrected chi connectivity index (χ0v) is 19.3. The van der Waals surface area contributed by atoms with Gasteiger partial charge in [-0.05, 0) is 72.3 Å². The van der Waals surface area contributed by atoms with Gasteiger partial charge in [0.2, 0.25) is 0 Å². The Morgan fingerprint density at radius 3 is 2.03 bits per heavy atom. The van der Waals surface area contributed by atoms with Crippen LogP contribution in [-0.4, -0.2) is 37.1 Å². The second-order valence-electron chi connectivity index (χ2n) is 12.0. The number of benzene rings is 2. The summed E-state index contributed by atoms with van der Waals surface area (Å²) in [5.41, 5.74) is 2.88. The molecule has 10 atom stereocenters. The molecule has 34 heavy (non-hydrogen) atoms. The van der Waals surface area contributed by atoms with Gasteiger partial charge in [-0.25, -0.2) is 9.98 Å². The topological polar surface area (TPSA) is 43.2 Å². The molecular formula is C30H30N2O2. The summed E-state index contributed by atoms with van der Waals surface area (Å²) in [5.74, 6) is 7.16. The van der Waals surface area contributed by atoms with Gasteiger partial charge in [0.05, 0.1) is 22.9 Å². The highest BCUT2D eigenvalue weighted by atomic mass is 16.5. The van der Waals surface area contributed by atoms with Gasteiger partial charge in [-0.15, -0.1) is 0 Å². The van der Waals surface area contributed by atoms with E-state index in [2.05, 4.69) is 60.7 Å². The van der Waals surface area contributed by atoms with E-state index >= 15 is 0 Å². The molecule has 0 amide bonds. The van der Waals surface area contributed by atoms with Crippen LogP contribution in [0.25, 0.3) is 0 Å². The average Bonchev–Trinajstić information content (AvgIpc) is 3.63. The van der Waals surface area contributed by atoms with Crippen LogP contribution < -0.4 is 0 Å². The standard InChI is InChI=1S/C30H30N2O2/c1-3-7-17(8-4-1)11-19-15-33-27(31-19)29-14-22-23-13-21-24(22)26(29)25(21)30(23,29)28-32-20(16-34-28)12-18-9-5-2-6-10-18/h1-10,19-26H,11-16H2. The van der Waals surface area contributed by atoms with Gasteiger partial charge in [0.25, 0.3) is 0 Å². The molecule has 0 radical (unpaired) electrons. The summed E-state index contributed by atoms with van der Waals surface area (Å²) in [7, 11) is 0. The van der Waals surface area contributed by atoms with E-state index in [0.717, 1.165) is 73.4 Å². The number of hydrogen-bond acceptors (Lipinski definition) is 4. The maximum atomic E-state index is 6.55. The Hall–Kier alpha value is -2.62. The van der Waals surface area contributed by atoms with Gasteiger partial charge in [-0.3, -0.25) is 0 Å². The van der Waals surface area contributed by atoms with Gasteiger partial charge >= 0.3 is 0 Å². The molecule has 6 saturated carbocycles. The zero-order chi connectivity index (χ0) is 22.1. The lowest BCUT2D eigenvalue weighted by molar-refractivity contribution is -0.241. The molecule has 0 spiro atoms. The van der Waals surface area contributed by atoms with E-state index in [-0.39, 0.29) is 22.9 Å². The third kappa shape index (κ3) is 1.91. The molecule has 2 aromatic rings. The molecule has 10 rings (SSSR count). The number of hydrogen-bond donors (Lipinski definition) is 0. The molecule has 6 aliphatic carbocycles. The summed E-state index contributed by atoms with van der Waals surface area (Å²) in [6.45, 7) is 1.46. The van der Waals surface area contributed by atoms with Crippen molar-refractivity contribution in [3.05, 3.63) is 71.8 Å². The molecule has 10 unspecified atom stereocenters. The first-order valence-electron chi connectivity index (χ1n) is 13.3. The predicted molar refractivity (Wildman–Crippen MR) is 130 cm³/mol. The number of nitrogens with zero attached hydrogens (tertiary/aromatic N) is 2. The molecule has 2 aliphatic heterocycles. The van der Waals surface area contributed by atoms with Crippen molar-refractivity contribution < 1.29 is 9.47 Å². The Bertz CT molecular complexity index is 1240. The first-order valence-corrected chi connectivity index (χ1v) is 13.3. The quantitative estimate of drug-likeness (QED) is 0.646. The van der Waals surface area contributed by atoms with Crippen LogP contribution in [0, 0.1) is 46.3 Å². The van der Waals surface area contributed by atoms with Gasteiger partial charge < -0.3 is 9.47 Å². The molecule has 4 bridgehead atoms. The minimum absolute atomic E-state index is 0.0799. The molecule has 6 fully saturated rings. The van der Waals surface area contributed by atoms with Crippen molar-refractivity contribution in [2.45, 2.75) is 37.8 Å². The summed E-state index contributed by atoms with van der Waals surface area (Å²) in [6.07, 6.45) is 4.60. The fourth-order valence-electron chi connectivity index (χ4n) is 10.5. The lowest BCUT2D eigenvalue weighted by atomic mass is 9.28. The Balaban J connectivity index is 1.07. The zero-order valence-electron chi connectivity index (χ0n) is 19.3. The first-order chi connectivity index (χ1) is 16.8. The molecular weight excluding hydrogens is 420 g/mol. The lowest BCUT2D eigenvalue weighted by Crippen LogP contribution is -2.78. The minimum Gasteiger partial charge on any atom is -0.478 e. The van der Waals surface area contributed by atoms with Gasteiger partial charge in [0.15, 0.2) is 11.8 Å². The second-order valence-corrected chi connectivity index (χ2v) is 12.0. The normalized spacial score (nSPS) is 47.6. The molecule has 2 heterocycles. The Morgan fingerprint density at radius 1 is 0.735 bits per heavy atom. The molecule has 0 N–H and O–H groups in total. The van der Waals surface area contributed by atoms with Crippen LogP contribution in [0.2, 0.25) is 0 Å². The van der Waals surface area contributed by atoms with E-state index in [4.69, 9.17) is 19.5 Å². The van der Waals surface area contributed by atoms with Crippen LogP contribution in [0.3, 0.4) is 0 Å². The maximum Gasteiger partial charge on any atom is 0.191 e. The third-order valence-electron chi connectivity index (χ3n) is 11.1. The van der Waals surface area contributed by atoms with Gasteiger partial charge in [-0.1, -0.05) is 60.7 Å². The van der Waals surface area contributed by atoms with Crippen molar-refractivity contribution in [3.8, 4) is 0 Å². The van der Waals surface area contributed by atoms with Crippen molar-refractivity contribution in [1.29, 1.82) is 0 Å². The second kappa shape index (κ2) is 6.13. The largest absolute Gasteiger partial charge is 0.478 e. The van der Waals surface area contributed by atoms with Crippen molar-refractivity contribution in [1.82, 2.24) is 0 Å². The summed E-state index contributed by atoms with van der Waals surface area (Å²) in [5, 5.41) is 0. The molecule has 4 heteroatoms. The van der Waals surface area contributed by atoms with Gasteiger partial charge in [-0.2, -0.15) is 0 Å². The lowest BCUT2D eigenvalue weighted by Gasteiger charge is -2.74. The summed E-state index contributed by atoms with van der Waals surface area (Å²) in [6, 6.07) is 22.0. The van der Waals surface area contributed by atoms with Gasteiger partial charge in [0, 0.05) is 0 Å². The highest BCUT2D eigenvalue weighted by Crippen LogP contribution is 2.98. The van der Waals surface area contributed by atoms with Crippen molar-refractivity contribution in [2.75, 3.05) is 13.2 Å². The number of aliphatic imine (C=N–C) groups is 2. The van der Waals surface area contributed by atoms with E-state index in [1.165, 1.54) is 24.0 Å². The average molecular weight is 451 g/mol. The molecule has 2 aromatic carbocycles. The van der Waals surface area contributed by atoms with E-state index < -0.39 is 0 Å². The van der Waals surface area contributed by atoms with Crippen molar-refractivity contribution in [2.24, 2.45) is 56.3 Å². The summed E-state index contributed by atoms with van der Waals surface area (Å²) < 4.78 is 13.1. The molecule has 8 aliphatic rings.